The lowest BCUT2D eigenvalue weighted by atomic mass is 10.1. The fourth-order valence-electron chi connectivity index (χ4n) is 4.54. The second kappa shape index (κ2) is 9.95. The van der Waals surface area contributed by atoms with E-state index in [1.165, 1.54) is 0 Å². The van der Waals surface area contributed by atoms with Gasteiger partial charge in [0, 0.05) is 37.5 Å². The van der Waals surface area contributed by atoms with Crippen LogP contribution in [0.5, 0.6) is 0 Å². The summed E-state index contributed by atoms with van der Waals surface area (Å²) in [6, 6.07) is 15.7. The summed E-state index contributed by atoms with van der Waals surface area (Å²) >= 11 is 1.64. The topological polar surface area (TPSA) is 69.4 Å². The van der Waals surface area contributed by atoms with E-state index in [0.717, 1.165) is 21.7 Å². The third-order valence-corrected chi connectivity index (χ3v) is 7.50. The number of carbonyl (C=O) groups excluding carboxylic acids is 2. The Morgan fingerprint density at radius 2 is 1.85 bits per heavy atom. The molecule has 0 saturated carbocycles. The molecule has 2 amide bonds. The van der Waals surface area contributed by atoms with E-state index >= 15 is 0 Å². The predicted octanol–water partition coefficient (Wildman–Crippen LogP) is 3.71. The Hall–Kier alpha value is -3.23. The molecule has 0 spiro atoms. The maximum atomic E-state index is 13.3. The fraction of sp³-hybridized carbons (Fsp3) is 0.346. The van der Waals surface area contributed by atoms with Crippen molar-refractivity contribution in [2.24, 2.45) is 5.10 Å². The summed E-state index contributed by atoms with van der Waals surface area (Å²) in [6.45, 7) is 4.94. The Bertz CT molecular complexity index is 1160. The van der Waals surface area contributed by atoms with Crippen LogP contribution in [0.25, 0.3) is 0 Å². The molecule has 7 nitrogen and oxygen atoms in total. The molecule has 0 bridgehead atoms. The predicted molar refractivity (Wildman–Crippen MR) is 132 cm³/mol. The van der Waals surface area contributed by atoms with E-state index in [4.69, 9.17) is 4.42 Å². The Morgan fingerprint density at radius 3 is 2.56 bits per heavy atom. The smallest absolute Gasteiger partial charge is 0.257 e. The van der Waals surface area contributed by atoms with Crippen LogP contribution in [0.4, 0.5) is 0 Å². The second-order valence-electron chi connectivity index (χ2n) is 8.76. The third kappa shape index (κ3) is 4.83. The molecule has 3 aromatic rings. The van der Waals surface area contributed by atoms with Crippen LogP contribution >= 0.6 is 11.3 Å². The summed E-state index contributed by atoms with van der Waals surface area (Å²) in [5.74, 6) is 0.822. The molecule has 1 atom stereocenters. The van der Waals surface area contributed by atoms with Crippen molar-refractivity contribution in [2.75, 3.05) is 32.7 Å². The zero-order chi connectivity index (χ0) is 23.5. The van der Waals surface area contributed by atoms with Crippen LogP contribution in [0.2, 0.25) is 0 Å². The average molecular weight is 477 g/mol. The molecule has 0 N–H and O–H groups in total. The summed E-state index contributed by atoms with van der Waals surface area (Å²) in [5.41, 5.74) is 3.01. The van der Waals surface area contributed by atoms with Gasteiger partial charge in [-0.3, -0.25) is 14.5 Å². The quantitative estimate of drug-likeness (QED) is 0.544. The van der Waals surface area contributed by atoms with Gasteiger partial charge in [0.05, 0.1) is 25.3 Å². The number of furan rings is 1. The molecular weight excluding hydrogens is 448 g/mol. The molecule has 2 aliphatic heterocycles. The summed E-state index contributed by atoms with van der Waals surface area (Å²) in [4.78, 5) is 31.2. The van der Waals surface area contributed by atoms with Crippen LogP contribution in [0.1, 0.15) is 34.2 Å². The first-order valence-electron chi connectivity index (χ1n) is 11.6. The first kappa shape index (κ1) is 22.6. The molecule has 1 saturated heterocycles. The van der Waals surface area contributed by atoms with Crippen molar-refractivity contribution in [3.05, 3.63) is 81.9 Å². The minimum Gasteiger partial charge on any atom is -0.463 e. The molecule has 8 heteroatoms. The Labute approximate surface area is 203 Å². The van der Waals surface area contributed by atoms with Gasteiger partial charge in [0.1, 0.15) is 11.5 Å². The summed E-state index contributed by atoms with van der Waals surface area (Å²) in [5, 5.41) is 8.30. The monoisotopic (exact) mass is 476 g/mol. The van der Waals surface area contributed by atoms with Crippen LogP contribution in [0, 0.1) is 6.92 Å². The number of carbonyl (C=O) groups is 2. The molecule has 1 fully saturated rings. The molecule has 0 aliphatic carbocycles. The van der Waals surface area contributed by atoms with E-state index in [1.54, 1.807) is 22.6 Å². The van der Waals surface area contributed by atoms with Crippen LogP contribution in [0.15, 0.2) is 69.7 Å². The summed E-state index contributed by atoms with van der Waals surface area (Å²) in [6.07, 6.45) is 2.69. The highest BCUT2D eigenvalue weighted by atomic mass is 32.1. The molecule has 0 radical (unpaired) electrons. The van der Waals surface area contributed by atoms with Gasteiger partial charge in [-0.25, -0.2) is 5.01 Å². The van der Waals surface area contributed by atoms with E-state index in [2.05, 4.69) is 16.1 Å². The van der Waals surface area contributed by atoms with Crippen molar-refractivity contribution in [1.82, 2.24) is 14.8 Å². The van der Waals surface area contributed by atoms with Gasteiger partial charge in [0.15, 0.2) is 0 Å². The van der Waals surface area contributed by atoms with Crippen molar-refractivity contribution >= 4 is 28.9 Å². The molecule has 1 unspecified atom stereocenters. The third-order valence-electron chi connectivity index (χ3n) is 6.53. The number of nitrogens with zero attached hydrogens (tertiary/aromatic N) is 4. The van der Waals surface area contributed by atoms with E-state index in [0.29, 0.717) is 44.8 Å². The van der Waals surface area contributed by atoms with E-state index in [-0.39, 0.29) is 24.4 Å². The fourth-order valence-corrected chi connectivity index (χ4v) is 5.35. The molecule has 1 aromatic carbocycles. The molecular formula is C26H28N4O3S. The minimum atomic E-state index is -0.107. The lowest BCUT2D eigenvalue weighted by Gasteiger charge is -2.35. The maximum Gasteiger partial charge on any atom is 0.257 e. The second-order valence-corrected chi connectivity index (χ2v) is 9.74. The first-order valence-corrected chi connectivity index (χ1v) is 12.5. The highest BCUT2D eigenvalue weighted by Gasteiger charge is 2.35. The Balaban J connectivity index is 1.19. The number of thiophene rings is 1. The number of hydrogen-bond donors (Lipinski definition) is 0. The number of aryl methyl sites for hydroxylation is 1. The van der Waals surface area contributed by atoms with Crippen molar-refractivity contribution in [1.29, 1.82) is 0 Å². The number of rotatable bonds is 6. The number of hydrogen-bond acceptors (Lipinski definition) is 6. The number of piperazine rings is 1. The van der Waals surface area contributed by atoms with Gasteiger partial charge in [0.25, 0.3) is 5.91 Å². The highest BCUT2D eigenvalue weighted by molar-refractivity contribution is 7.10. The Morgan fingerprint density at radius 1 is 1.03 bits per heavy atom. The zero-order valence-corrected chi connectivity index (χ0v) is 20.0. The number of benzene rings is 1. The zero-order valence-electron chi connectivity index (χ0n) is 19.2. The lowest BCUT2D eigenvalue weighted by Crippen LogP contribution is -2.51. The molecule has 2 aromatic heterocycles. The van der Waals surface area contributed by atoms with Gasteiger partial charge in [-0.1, -0.05) is 30.3 Å². The summed E-state index contributed by atoms with van der Waals surface area (Å²) < 4.78 is 5.53. The van der Waals surface area contributed by atoms with Gasteiger partial charge in [-0.15, -0.1) is 11.3 Å². The van der Waals surface area contributed by atoms with E-state index in [9.17, 15) is 9.59 Å². The first-order chi connectivity index (χ1) is 16.6. The largest absolute Gasteiger partial charge is 0.463 e. The SMILES string of the molecule is Cc1ccccc1CC(=O)N1CCN(CC(=O)N2N=C(c3ccco3)CC2c2cccs2)CC1. The van der Waals surface area contributed by atoms with Gasteiger partial charge in [0.2, 0.25) is 5.91 Å². The lowest BCUT2D eigenvalue weighted by molar-refractivity contribution is -0.136. The van der Waals surface area contributed by atoms with Crippen LogP contribution in [-0.2, 0) is 16.0 Å². The normalized spacial score (nSPS) is 18.9. The number of amides is 2. The van der Waals surface area contributed by atoms with Crippen molar-refractivity contribution in [2.45, 2.75) is 25.8 Å². The Kier molecular flexibility index (Phi) is 6.60. The number of hydrazone groups is 1. The van der Waals surface area contributed by atoms with Crippen LogP contribution < -0.4 is 0 Å². The molecule has 34 heavy (non-hydrogen) atoms. The van der Waals surface area contributed by atoms with E-state index in [1.807, 2.05) is 59.7 Å². The van der Waals surface area contributed by atoms with Gasteiger partial charge >= 0.3 is 0 Å². The minimum absolute atomic E-state index is 0.0281. The van der Waals surface area contributed by atoms with Gasteiger partial charge in [-0.2, -0.15) is 5.10 Å². The molecule has 2 aliphatic rings. The van der Waals surface area contributed by atoms with Crippen LogP contribution in [0.3, 0.4) is 0 Å². The van der Waals surface area contributed by atoms with Crippen molar-refractivity contribution < 1.29 is 14.0 Å². The van der Waals surface area contributed by atoms with Crippen LogP contribution in [-0.4, -0.2) is 65.1 Å². The van der Waals surface area contributed by atoms with Crippen molar-refractivity contribution in [3.63, 3.8) is 0 Å². The molecule has 4 heterocycles. The maximum absolute atomic E-state index is 13.3. The summed E-state index contributed by atoms with van der Waals surface area (Å²) in [7, 11) is 0. The molecule has 176 valence electrons. The average Bonchev–Trinajstić information content (AvgIpc) is 3.62. The van der Waals surface area contributed by atoms with Gasteiger partial charge < -0.3 is 9.32 Å². The molecule has 5 rings (SSSR count). The van der Waals surface area contributed by atoms with Gasteiger partial charge in [-0.05, 0) is 41.6 Å². The van der Waals surface area contributed by atoms with E-state index < -0.39 is 0 Å². The highest BCUT2D eigenvalue weighted by Crippen LogP contribution is 2.35. The standard InChI is InChI=1S/C26H28N4O3S/c1-19-6-2-3-7-20(19)16-25(31)29-12-10-28(11-13-29)18-26(32)30-22(24-9-5-15-34-24)17-21(27-30)23-8-4-14-33-23/h2-9,14-15,22H,10-13,16-18H2,1H3. The van der Waals surface area contributed by atoms with Crippen molar-refractivity contribution in [3.8, 4) is 0 Å².